The number of hydrogen-bond donors (Lipinski definition) is 1. The zero-order valence-electron chi connectivity index (χ0n) is 18.0. The van der Waals surface area contributed by atoms with Crippen molar-refractivity contribution in [1.29, 1.82) is 0 Å². The molecule has 1 aromatic heterocycles. The van der Waals surface area contributed by atoms with Gasteiger partial charge in [0.25, 0.3) is 11.7 Å². The molecular formula is C25H26N2O4. The molecule has 2 aromatic carbocycles. The first-order valence-corrected chi connectivity index (χ1v) is 10.4. The van der Waals surface area contributed by atoms with Crippen LogP contribution in [0.2, 0.25) is 0 Å². The predicted octanol–water partition coefficient (Wildman–Crippen LogP) is 4.11. The highest BCUT2D eigenvalue weighted by Gasteiger charge is 2.47. The first-order valence-electron chi connectivity index (χ1n) is 10.4. The van der Waals surface area contributed by atoms with Crippen molar-refractivity contribution >= 4 is 28.2 Å². The Hall–Kier alpha value is -3.38. The highest BCUT2D eigenvalue weighted by atomic mass is 16.3. The van der Waals surface area contributed by atoms with Crippen LogP contribution in [0.4, 0.5) is 0 Å². The van der Waals surface area contributed by atoms with E-state index in [0.717, 1.165) is 17.3 Å². The fourth-order valence-corrected chi connectivity index (χ4v) is 4.14. The molecular weight excluding hydrogens is 392 g/mol. The first-order chi connectivity index (χ1) is 14.9. The summed E-state index contributed by atoms with van der Waals surface area (Å²) in [6.07, 6.45) is 0.699. The summed E-state index contributed by atoms with van der Waals surface area (Å²) in [4.78, 5) is 29.6. The van der Waals surface area contributed by atoms with E-state index < -0.39 is 17.7 Å². The molecule has 1 N–H and O–H groups in total. The fraction of sp³-hybridized carbons (Fsp3) is 0.280. The number of Topliss-reactive ketones (excluding diaryl/α,β-unsaturated/α-hetero) is 1. The van der Waals surface area contributed by atoms with E-state index in [4.69, 9.17) is 4.42 Å². The lowest BCUT2D eigenvalue weighted by molar-refractivity contribution is -0.140. The van der Waals surface area contributed by atoms with Crippen molar-refractivity contribution < 1.29 is 19.1 Å². The van der Waals surface area contributed by atoms with E-state index in [0.29, 0.717) is 30.0 Å². The van der Waals surface area contributed by atoms with Gasteiger partial charge in [0.1, 0.15) is 23.3 Å². The van der Waals surface area contributed by atoms with E-state index >= 15 is 0 Å². The summed E-state index contributed by atoms with van der Waals surface area (Å²) >= 11 is 0. The number of ketones is 1. The van der Waals surface area contributed by atoms with Crippen LogP contribution >= 0.6 is 0 Å². The monoisotopic (exact) mass is 418 g/mol. The van der Waals surface area contributed by atoms with E-state index in [1.165, 1.54) is 4.90 Å². The van der Waals surface area contributed by atoms with Crippen LogP contribution in [0.25, 0.3) is 16.5 Å². The molecule has 2 heterocycles. The summed E-state index contributed by atoms with van der Waals surface area (Å²) < 4.78 is 5.82. The van der Waals surface area contributed by atoms with Gasteiger partial charge in [-0.05, 0) is 56.9 Å². The Kier molecular flexibility index (Phi) is 5.65. The Labute approximate surface area is 181 Å². The quantitative estimate of drug-likeness (QED) is 0.370. The minimum Gasteiger partial charge on any atom is -0.507 e. The van der Waals surface area contributed by atoms with Crippen molar-refractivity contribution in [2.24, 2.45) is 0 Å². The molecule has 6 nitrogen and oxygen atoms in total. The molecule has 0 spiro atoms. The molecule has 1 saturated heterocycles. The van der Waals surface area contributed by atoms with Gasteiger partial charge in [-0.1, -0.05) is 42.5 Å². The molecule has 0 bridgehead atoms. The lowest BCUT2D eigenvalue weighted by atomic mass is 9.96. The zero-order valence-corrected chi connectivity index (χ0v) is 18.0. The predicted molar refractivity (Wildman–Crippen MR) is 120 cm³/mol. The van der Waals surface area contributed by atoms with Gasteiger partial charge in [0.2, 0.25) is 0 Å². The number of aliphatic hydroxyl groups excluding tert-OH is 1. The van der Waals surface area contributed by atoms with Crippen LogP contribution < -0.4 is 0 Å². The maximum Gasteiger partial charge on any atom is 0.295 e. The largest absolute Gasteiger partial charge is 0.507 e. The molecule has 0 radical (unpaired) electrons. The summed E-state index contributed by atoms with van der Waals surface area (Å²) in [5.41, 5.74) is 0.596. The molecule has 1 fully saturated rings. The summed E-state index contributed by atoms with van der Waals surface area (Å²) in [7, 11) is 3.92. The van der Waals surface area contributed by atoms with E-state index in [2.05, 4.69) is 0 Å². The number of hydrogen-bond acceptors (Lipinski definition) is 5. The van der Waals surface area contributed by atoms with Crippen LogP contribution in [0.15, 0.2) is 64.6 Å². The Morgan fingerprint density at radius 3 is 2.52 bits per heavy atom. The molecule has 1 aliphatic heterocycles. The molecule has 0 aliphatic carbocycles. The number of rotatable bonds is 6. The van der Waals surface area contributed by atoms with Crippen molar-refractivity contribution in [2.75, 3.05) is 27.2 Å². The Morgan fingerprint density at radius 2 is 1.81 bits per heavy atom. The van der Waals surface area contributed by atoms with Gasteiger partial charge in [-0.15, -0.1) is 0 Å². The molecule has 1 amide bonds. The van der Waals surface area contributed by atoms with Crippen molar-refractivity contribution in [2.45, 2.75) is 19.4 Å². The Morgan fingerprint density at radius 1 is 1.06 bits per heavy atom. The number of amides is 1. The maximum absolute atomic E-state index is 13.1. The van der Waals surface area contributed by atoms with Gasteiger partial charge in [-0.25, -0.2) is 0 Å². The Bertz CT molecular complexity index is 1170. The van der Waals surface area contributed by atoms with Gasteiger partial charge in [-0.3, -0.25) is 9.59 Å². The summed E-state index contributed by atoms with van der Waals surface area (Å²) in [6.45, 7) is 2.97. The Balaban J connectivity index is 1.85. The fourth-order valence-electron chi connectivity index (χ4n) is 4.14. The first kappa shape index (κ1) is 20.9. The number of likely N-dealkylation sites (tertiary alicyclic amines) is 1. The number of aryl methyl sites for hydroxylation is 1. The van der Waals surface area contributed by atoms with Crippen molar-refractivity contribution in [3.05, 3.63) is 77.3 Å². The second kappa shape index (κ2) is 8.40. The lowest BCUT2D eigenvalue weighted by Gasteiger charge is -2.24. The molecule has 6 heteroatoms. The standard InChI is InChI=1S/C25H26N2O4/c1-16-12-13-20(31-16)22-21(24(29)25(30)27(22)15-7-14-26(2)3)23(28)19-11-6-9-17-8-4-5-10-18(17)19/h4-6,8-13,22,28H,7,14-15H2,1-3H3/b23-21-. The summed E-state index contributed by atoms with van der Waals surface area (Å²) in [5.74, 6) is -0.319. The second-order valence-corrected chi connectivity index (χ2v) is 8.12. The number of nitrogens with zero attached hydrogens (tertiary/aromatic N) is 2. The van der Waals surface area contributed by atoms with Gasteiger partial charge in [0.05, 0.1) is 5.57 Å². The number of carbonyl (C=O) groups is 2. The molecule has 1 atom stereocenters. The molecule has 160 valence electrons. The third-order valence-corrected chi connectivity index (χ3v) is 5.62. The number of aliphatic hydroxyl groups is 1. The van der Waals surface area contributed by atoms with Crippen LogP contribution in [0.1, 0.15) is 29.5 Å². The van der Waals surface area contributed by atoms with Gasteiger partial charge >= 0.3 is 0 Å². The van der Waals surface area contributed by atoms with Crippen LogP contribution in [0.5, 0.6) is 0 Å². The summed E-state index contributed by atoms with van der Waals surface area (Å²) in [5, 5.41) is 13.1. The molecule has 31 heavy (non-hydrogen) atoms. The zero-order chi connectivity index (χ0) is 22.1. The van der Waals surface area contributed by atoms with E-state index in [1.807, 2.05) is 62.3 Å². The van der Waals surface area contributed by atoms with Gasteiger partial charge < -0.3 is 19.3 Å². The van der Waals surface area contributed by atoms with E-state index in [-0.39, 0.29) is 11.3 Å². The number of furan rings is 1. The highest BCUT2D eigenvalue weighted by molar-refractivity contribution is 6.46. The minimum absolute atomic E-state index is 0.0700. The molecule has 1 unspecified atom stereocenters. The second-order valence-electron chi connectivity index (χ2n) is 8.12. The van der Waals surface area contributed by atoms with Gasteiger partial charge in [0, 0.05) is 12.1 Å². The molecule has 0 saturated carbocycles. The topological polar surface area (TPSA) is 74.0 Å². The third-order valence-electron chi connectivity index (χ3n) is 5.62. The van der Waals surface area contributed by atoms with Crippen molar-refractivity contribution in [3.8, 4) is 0 Å². The normalized spacial score (nSPS) is 18.5. The third kappa shape index (κ3) is 3.86. The smallest absolute Gasteiger partial charge is 0.295 e. The lowest BCUT2D eigenvalue weighted by Crippen LogP contribution is -2.32. The van der Waals surface area contributed by atoms with Crippen LogP contribution in [0.3, 0.4) is 0 Å². The number of benzene rings is 2. The van der Waals surface area contributed by atoms with E-state index in [9.17, 15) is 14.7 Å². The molecule has 3 aromatic rings. The van der Waals surface area contributed by atoms with Gasteiger partial charge in [-0.2, -0.15) is 0 Å². The van der Waals surface area contributed by atoms with E-state index in [1.54, 1.807) is 18.2 Å². The van der Waals surface area contributed by atoms with Crippen molar-refractivity contribution in [1.82, 2.24) is 9.80 Å². The van der Waals surface area contributed by atoms with Crippen LogP contribution in [0, 0.1) is 6.92 Å². The number of fused-ring (bicyclic) bond motifs is 1. The minimum atomic E-state index is -0.755. The van der Waals surface area contributed by atoms with Gasteiger partial charge in [0.15, 0.2) is 0 Å². The average molecular weight is 418 g/mol. The maximum atomic E-state index is 13.1. The van der Waals surface area contributed by atoms with Crippen molar-refractivity contribution in [3.63, 3.8) is 0 Å². The van der Waals surface area contributed by atoms with Crippen LogP contribution in [-0.4, -0.2) is 53.8 Å². The highest BCUT2D eigenvalue weighted by Crippen LogP contribution is 2.41. The summed E-state index contributed by atoms with van der Waals surface area (Å²) in [6, 6.07) is 16.0. The van der Waals surface area contributed by atoms with Crippen LogP contribution in [-0.2, 0) is 9.59 Å². The average Bonchev–Trinajstić information content (AvgIpc) is 3.28. The SMILES string of the molecule is Cc1ccc(C2/C(=C(/O)c3cccc4ccccc34)C(=O)C(=O)N2CCCN(C)C)o1. The number of carbonyl (C=O) groups excluding carboxylic acids is 2. The molecule has 1 aliphatic rings. The molecule has 4 rings (SSSR count).